The highest BCUT2D eigenvalue weighted by atomic mass is 32.2. The van der Waals surface area contributed by atoms with Crippen LogP contribution in [0, 0.1) is 11.8 Å². The van der Waals surface area contributed by atoms with E-state index in [9.17, 15) is 9.59 Å². The average molecular weight is 294 g/mol. The first-order valence-electron chi connectivity index (χ1n) is 7.85. The van der Waals surface area contributed by atoms with Crippen LogP contribution < -0.4 is 5.32 Å². The summed E-state index contributed by atoms with van der Waals surface area (Å²) in [6, 6.07) is 0.150. The van der Waals surface area contributed by atoms with Gasteiger partial charge in [0, 0.05) is 18.2 Å². The van der Waals surface area contributed by atoms with Crippen molar-refractivity contribution in [3.63, 3.8) is 0 Å². The van der Waals surface area contributed by atoms with E-state index in [0.29, 0.717) is 24.3 Å². The highest BCUT2D eigenvalue weighted by Crippen LogP contribution is 2.48. The summed E-state index contributed by atoms with van der Waals surface area (Å²) in [5.41, 5.74) is 0. The largest absolute Gasteiger partial charge is 0.351 e. The van der Waals surface area contributed by atoms with E-state index in [1.165, 1.54) is 25.7 Å². The minimum Gasteiger partial charge on any atom is -0.351 e. The molecule has 2 aliphatic heterocycles. The lowest BCUT2D eigenvalue weighted by Crippen LogP contribution is -2.52. The Balaban J connectivity index is 1.47. The zero-order chi connectivity index (χ0) is 13.9. The maximum absolute atomic E-state index is 12.6. The number of nitrogens with zero attached hydrogens (tertiary/aromatic N) is 1. The summed E-state index contributed by atoms with van der Waals surface area (Å²) in [5, 5.41) is 3.29. The van der Waals surface area contributed by atoms with Crippen LogP contribution in [-0.4, -0.2) is 39.4 Å². The van der Waals surface area contributed by atoms with E-state index in [1.54, 1.807) is 11.8 Å². The Morgan fingerprint density at radius 2 is 2.00 bits per heavy atom. The van der Waals surface area contributed by atoms with Crippen LogP contribution in [0.4, 0.5) is 0 Å². The Labute approximate surface area is 124 Å². The molecule has 4 rings (SSSR count). The van der Waals surface area contributed by atoms with Gasteiger partial charge in [-0.3, -0.25) is 9.59 Å². The number of rotatable bonds is 4. The number of thioether (sulfide) groups is 1. The average Bonchev–Trinajstić information content (AvgIpc) is 3.31. The van der Waals surface area contributed by atoms with Crippen molar-refractivity contribution in [3.8, 4) is 0 Å². The second-order valence-electron chi connectivity index (χ2n) is 6.97. The van der Waals surface area contributed by atoms with Crippen molar-refractivity contribution in [1.82, 2.24) is 10.2 Å². The lowest BCUT2D eigenvalue weighted by Gasteiger charge is -2.31. The van der Waals surface area contributed by atoms with Crippen LogP contribution in [0.1, 0.15) is 45.4 Å². The van der Waals surface area contributed by atoms with Crippen molar-refractivity contribution in [2.75, 3.05) is 5.75 Å². The van der Waals surface area contributed by atoms with Crippen molar-refractivity contribution in [2.45, 2.75) is 62.4 Å². The monoisotopic (exact) mass is 294 g/mol. The molecule has 2 saturated heterocycles. The van der Waals surface area contributed by atoms with Gasteiger partial charge in [0.1, 0.15) is 6.04 Å². The molecule has 20 heavy (non-hydrogen) atoms. The van der Waals surface area contributed by atoms with E-state index in [2.05, 4.69) is 12.2 Å². The second kappa shape index (κ2) is 4.39. The van der Waals surface area contributed by atoms with Gasteiger partial charge in [-0.15, -0.1) is 11.8 Å². The van der Waals surface area contributed by atoms with Crippen LogP contribution in [0.2, 0.25) is 0 Å². The van der Waals surface area contributed by atoms with Gasteiger partial charge >= 0.3 is 0 Å². The highest BCUT2D eigenvalue weighted by Gasteiger charge is 2.53. The van der Waals surface area contributed by atoms with Crippen LogP contribution in [0.5, 0.6) is 0 Å². The summed E-state index contributed by atoms with van der Waals surface area (Å²) < 4.78 is 0. The van der Waals surface area contributed by atoms with Crippen molar-refractivity contribution in [2.24, 2.45) is 11.8 Å². The predicted octanol–water partition coefficient (Wildman–Crippen LogP) is 1.75. The first kappa shape index (κ1) is 13.0. The van der Waals surface area contributed by atoms with Crippen LogP contribution >= 0.6 is 11.8 Å². The molecule has 0 spiro atoms. The van der Waals surface area contributed by atoms with Crippen molar-refractivity contribution in [3.05, 3.63) is 0 Å². The molecule has 4 fully saturated rings. The third-order valence-corrected chi connectivity index (χ3v) is 6.82. The first-order chi connectivity index (χ1) is 9.58. The van der Waals surface area contributed by atoms with E-state index in [-0.39, 0.29) is 22.7 Å². The predicted molar refractivity (Wildman–Crippen MR) is 78.1 cm³/mol. The molecule has 0 radical (unpaired) electrons. The Bertz CT molecular complexity index is 449. The number of fused-ring (bicyclic) bond motifs is 1. The molecule has 110 valence electrons. The van der Waals surface area contributed by atoms with Gasteiger partial charge in [0.25, 0.3) is 0 Å². The molecule has 2 atom stereocenters. The fourth-order valence-corrected chi connectivity index (χ4v) is 5.24. The molecule has 2 aliphatic carbocycles. The van der Waals surface area contributed by atoms with Gasteiger partial charge in [-0.05, 0) is 50.9 Å². The molecule has 0 bridgehead atoms. The number of nitrogens with one attached hydrogen (secondary N) is 1. The Morgan fingerprint density at radius 1 is 1.35 bits per heavy atom. The van der Waals surface area contributed by atoms with E-state index in [0.717, 1.165) is 12.2 Å². The molecule has 2 amide bonds. The Hall–Kier alpha value is -0.710. The minimum atomic E-state index is -0.236. The van der Waals surface area contributed by atoms with E-state index in [4.69, 9.17) is 0 Å². The zero-order valence-corrected chi connectivity index (χ0v) is 12.7. The molecule has 0 aromatic heterocycles. The number of amides is 2. The first-order valence-corrected chi connectivity index (χ1v) is 8.83. The lowest BCUT2D eigenvalue weighted by atomic mass is 10.1. The Morgan fingerprint density at radius 3 is 2.60 bits per heavy atom. The van der Waals surface area contributed by atoms with Gasteiger partial charge in [0.15, 0.2) is 0 Å². The van der Waals surface area contributed by atoms with E-state index >= 15 is 0 Å². The second-order valence-corrected chi connectivity index (χ2v) is 8.48. The van der Waals surface area contributed by atoms with E-state index in [1.807, 2.05) is 4.90 Å². The number of carbonyl (C=O) groups excluding carboxylic acids is 2. The molecule has 2 heterocycles. The summed E-state index contributed by atoms with van der Waals surface area (Å²) in [4.78, 5) is 26.5. The zero-order valence-electron chi connectivity index (χ0n) is 11.9. The maximum atomic E-state index is 12.6. The smallest absolute Gasteiger partial charge is 0.243 e. The quantitative estimate of drug-likeness (QED) is 0.859. The molecule has 0 aromatic carbocycles. The van der Waals surface area contributed by atoms with Gasteiger partial charge in [0.2, 0.25) is 11.8 Å². The summed E-state index contributed by atoms with van der Waals surface area (Å²) in [6.07, 6.45) is 6.54. The van der Waals surface area contributed by atoms with Gasteiger partial charge in [-0.25, -0.2) is 0 Å². The standard InChI is InChI=1S/C15H22N2O2S/c1-15-7-6-12(18)17(15)11(8-20-15)14(19)16-13(9-2-3-9)10-4-5-10/h9-11,13H,2-8H2,1H3,(H,16,19). The molecule has 5 heteroatoms. The minimum absolute atomic E-state index is 0.0975. The van der Waals surface area contributed by atoms with Crippen molar-refractivity contribution < 1.29 is 9.59 Å². The molecule has 2 saturated carbocycles. The Kier molecular flexibility index (Phi) is 2.85. The summed E-state index contributed by atoms with van der Waals surface area (Å²) in [6.45, 7) is 2.11. The van der Waals surface area contributed by atoms with Gasteiger partial charge in [0.05, 0.1) is 4.87 Å². The maximum Gasteiger partial charge on any atom is 0.243 e. The topological polar surface area (TPSA) is 49.4 Å². The molecule has 4 aliphatic rings. The third kappa shape index (κ3) is 2.05. The summed E-state index contributed by atoms with van der Waals surface area (Å²) >= 11 is 1.77. The third-order valence-electron chi connectivity index (χ3n) is 5.32. The van der Waals surface area contributed by atoms with Crippen LogP contribution in [-0.2, 0) is 9.59 Å². The highest BCUT2D eigenvalue weighted by molar-refractivity contribution is 8.01. The molecule has 0 aromatic rings. The normalized spacial score (nSPS) is 36.6. The fraction of sp³-hybridized carbons (Fsp3) is 0.867. The van der Waals surface area contributed by atoms with Crippen molar-refractivity contribution in [1.29, 1.82) is 0 Å². The van der Waals surface area contributed by atoms with Crippen LogP contribution in [0.25, 0.3) is 0 Å². The van der Waals surface area contributed by atoms with Crippen LogP contribution in [0.3, 0.4) is 0 Å². The van der Waals surface area contributed by atoms with E-state index < -0.39 is 0 Å². The lowest BCUT2D eigenvalue weighted by molar-refractivity contribution is -0.138. The summed E-state index contributed by atoms with van der Waals surface area (Å²) in [7, 11) is 0. The van der Waals surface area contributed by atoms with Gasteiger partial charge in [-0.2, -0.15) is 0 Å². The SMILES string of the molecule is CC12CCC(=O)N1C(C(=O)NC(C1CC1)C1CC1)CS2. The molecule has 4 nitrogen and oxygen atoms in total. The molecule has 1 N–H and O–H groups in total. The number of hydrogen-bond donors (Lipinski definition) is 1. The molecular weight excluding hydrogens is 272 g/mol. The van der Waals surface area contributed by atoms with Gasteiger partial charge in [-0.1, -0.05) is 0 Å². The molecule has 2 unspecified atom stereocenters. The summed E-state index contributed by atoms with van der Waals surface area (Å²) in [5.74, 6) is 2.44. The fourth-order valence-electron chi connectivity index (χ4n) is 3.81. The number of carbonyl (C=O) groups is 2. The van der Waals surface area contributed by atoms with Crippen LogP contribution in [0.15, 0.2) is 0 Å². The van der Waals surface area contributed by atoms with Crippen molar-refractivity contribution >= 4 is 23.6 Å². The number of hydrogen-bond acceptors (Lipinski definition) is 3. The molecular formula is C15H22N2O2S. The van der Waals surface area contributed by atoms with Gasteiger partial charge < -0.3 is 10.2 Å².